The summed E-state index contributed by atoms with van der Waals surface area (Å²) < 4.78 is 62.3. The van der Waals surface area contributed by atoms with Gasteiger partial charge in [0.25, 0.3) is 23.6 Å². The standard InChI is InChI=1S/C63H79N5O19/c1-7-44(42-36-52(79-4)58(81-6)53(37-42)80-5)60(73)67-28-9-8-14-47(67)63(76)87-48(23-16-40-17-24-49(77-2)51(35-40)78-3)41-18-20-43(21-19-41)85-38-55(70)64-26-11-29-82-31-33-84-34-32-83-30-12-27-65-56(71)39-86-50-15-10-13-45-57(50)62(75)68(61(45)74)46-22-25-54(69)66-59(46)72/h10,13,15,17-21,24,35-37,44,46-48H,7-9,11-12,14,16,22-23,25-34,38-39H2,1-6H3,(H,64,70)(H,65,71)(H,66,69,72)/t44-,46?,47?,48+/m1/s1. The van der Waals surface area contributed by atoms with Crippen molar-refractivity contribution in [2.45, 2.75) is 95.2 Å². The first kappa shape index (κ1) is 66.1. The summed E-state index contributed by atoms with van der Waals surface area (Å²) in [5, 5.41) is 7.70. The Balaban J connectivity index is 0.774. The monoisotopic (exact) mass is 1210 g/mol. The summed E-state index contributed by atoms with van der Waals surface area (Å²) in [5.74, 6) is -1.72. The van der Waals surface area contributed by atoms with Gasteiger partial charge in [0.1, 0.15) is 29.7 Å². The van der Waals surface area contributed by atoms with Crippen molar-refractivity contribution in [2.75, 3.05) is 108 Å². The number of fused-ring (bicyclic) bond motifs is 1. The number of carbonyl (C=O) groups excluding carboxylic acids is 8. The topological polar surface area (TPSA) is 281 Å². The summed E-state index contributed by atoms with van der Waals surface area (Å²) in [6.07, 6.45) is 3.71. The van der Waals surface area contributed by atoms with Gasteiger partial charge in [-0.1, -0.05) is 31.2 Å². The Morgan fingerprint density at radius 3 is 1.89 bits per heavy atom. The van der Waals surface area contributed by atoms with Gasteiger partial charge in [-0.2, -0.15) is 0 Å². The van der Waals surface area contributed by atoms with Gasteiger partial charge in [-0.3, -0.25) is 43.8 Å². The van der Waals surface area contributed by atoms with Crippen LogP contribution in [0, 0.1) is 0 Å². The van der Waals surface area contributed by atoms with Crippen molar-refractivity contribution >= 4 is 47.3 Å². The number of likely N-dealkylation sites (tertiary alicyclic amines) is 1. The molecule has 470 valence electrons. The Kier molecular flexibility index (Phi) is 25.4. The average molecular weight is 1210 g/mol. The summed E-state index contributed by atoms with van der Waals surface area (Å²) >= 11 is 0. The molecule has 7 amide bonds. The number of rotatable bonds is 35. The van der Waals surface area contributed by atoms with E-state index in [4.69, 9.17) is 52.1 Å². The van der Waals surface area contributed by atoms with Crippen LogP contribution >= 0.6 is 0 Å². The molecular formula is C63H79N5O19. The highest BCUT2D eigenvalue weighted by molar-refractivity contribution is 6.24. The van der Waals surface area contributed by atoms with Crippen molar-refractivity contribution in [3.05, 3.63) is 101 Å². The third-order valence-corrected chi connectivity index (χ3v) is 15.0. The molecule has 87 heavy (non-hydrogen) atoms. The van der Waals surface area contributed by atoms with E-state index < -0.39 is 66.2 Å². The first-order valence-corrected chi connectivity index (χ1v) is 29.2. The smallest absolute Gasteiger partial charge is 0.329 e. The lowest BCUT2D eigenvalue weighted by Crippen LogP contribution is -2.54. The summed E-state index contributed by atoms with van der Waals surface area (Å²) in [6, 6.07) is 18.8. The van der Waals surface area contributed by atoms with E-state index >= 15 is 0 Å². The van der Waals surface area contributed by atoms with Crippen LogP contribution in [0.4, 0.5) is 0 Å². The normalized spacial score (nSPS) is 16.3. The van der Waals surface area contributed by atoms with Crippen LogP contribution in [0.25, 0.3) is 0 Å². The third kappa shape index (κ3) is 17.8. The second-order valence-corrected chi connectivity index (χ2v) is 20.6. The number of piperidine rings is 2. The van der Waals surface area contributed by atoms with E-state index in [-0.39, 0.29) is 48.1 Å². The second kappa shape index (κ2) is 33.4. The number of methoxy groups -OCH3 is 5. The number of nitrogens with zero attached hydrogens (tertiary/aromatic N) is 2. The fourth-order valence-electron chi connectivity index (χ4n) is 10.5. The first-order chi connectivity index (χ1) is 42.2. The molecule has 0 aliphatic carbocycles. The predicted octanol–water partition coefficient (Wildman–Crippen LogP) is 5.44. The summed E-state index contributed by atoms with van der Waals surface area (Å²) in [5.41, 5.74) is 2.34. The van der Waals surface area contributed by atoms with Crippen LogP contribution in [-0.4, -0.2) is 177 Å². The number of benzene rings is 4. The van der Waals surface area contributed by atoms with Gasteiger partial charge in [-0.15, -0.1) is 0 Å². The molecule has 0 saturated carbocycles. The number of aryl methyl sites for hydroxylation is 1. The molecule has 3 N–H and O–H groups in total. The molecule has 24 nitrogen and oxygen atoms in total. The Bertz CT molecular complexity index is 3000. The molecule has 0 bridgehead atoms. The van der Waals surface area contributed by atoms with Crippen molar-refractivity contribution in [1.82, 2.24) is 25.8 Å². The van der Waals surface area contributed by atoms with Crippen LogP contribution in [0.15, 0.2) is 72.8 Å². The minimum Gasteiger partial charge on any atom is -0.493 e. The molecule has 3 aliphatic rings. The summed E-state index contributed by atoms with van der Waals surface area (Å²) in [7, 11) is 7.71. The summed E-state index contributed by atoms with van der Waals surface area (Å²) in [4.78, 5) is 107. The number of nitrogens with one attached hydrogen (secondary N) is 3. The summed E-state index contributed by atoms with van der Waals surface area (Å²) in [6.45, 7) is 4.48. The molecule has 24 heteroatoms. The molecule has 2 saturated heterocycles. The van der Waals surface area contributed by atoms with Crippen LogP contribution in [0.2, 0.25) is 0 Å². The number of imide groups is 2. The zero-order chi connectivity index (χ0) is 62.2. The molecule has 2 fully saturated rings. The number of esters is 1. The maximum absolute atomic E-state index is 14.5. The van der Waals surface area contributed by atoms with Crippen LogP contribution in [0.3, 0.4) is 0 Å². The van der Waals surface area contributed by atoms with E-state index in [2.05, 4.69) is 16.0 Å². The quantitative estimate of drug-likeness (QED) is 0.0294. The maximum Gasteiger partial charge on any atom is 0.329 e. The number of carbonyl (C=O) groups is 8. The van der Waals surface area contributed by atoms with Crippen molar-refractivity contribution in [3.8, 4) is 40.2 Å². The Morgan fingerprint density at radius 1 is 0.644 bits per heavy atom. The zero-order valence-corrected chi connectivity index (χ0v) is 50.2. The van der Waals surface area contributed by atoms with Crippen LogP contribution in [0.5, 0.6) is 40.2 Å². The van der Waals surface area contributed by atoms with E-state index in [0.29, 0.717) is 143 Å². The molecule has 4 aromatic carbocycles. The number of hydrogen-bond donors (Lipinski definition) is 3. The fraction of sp³-hybridized carbons (Fsp3) is 0.492. The highest BCUT2D eigenvalue weighted by atomic mass is 16.6. The SMILES string of the molecule is CC[C@@H](C(=O)N1CCCCC1C(=O)O[C@@H](CCc1ccc(OC)c(OC)c1)c1ccc(OCC(=O)NCCCOCCOCCOCCCNC(=O)COc2cccc3c2C(=O)N(C2CCC(=O)NC2=O)C3=O)cc1)c1cc(OC)c(OC)c(OC)c1. The van der Waals surface area contributed by atoms with Crippen LogP contribution in [-0.2, 0) is 54.1 Å². The van der Waals surface area contributed by atoms with Gasteiger partial charge in [0.2, 0.25) is 23.5 Å². The van der Waals surface area contributed by atoms with E-state index in [9.17, 15) is 38.4 Å². The van der Waals surface area contributed by atoms with Crippen LogP contribution < -0.4 is 49.1 Å². The van der Waals surface area contributed by atoms with Gasteiger partial charge < -0.3 is 67.6 Å². The Morgan fingerprint density at radius 2 is 1.28 bits per heavy atom. The van der Waals surface area contributed by atoms with Crippen molar-refractivity contribution < 1.29 is 90.5 Å². The molecular weight excluding hydrogens is 1130 g/mol. The number of ether oxygens (including phenoxy) is 11. The largest absolute Gasteiger partial charge is 0.493 e. The molecule has 4 aromatic rings. The molecule has 0 spiro atoms. The minimum absolute atomic E-state index is 0.00476. The number of hydrogen-bond acceptors (Lipinski definition) is 19. The second-order valence-electron chi connectivity index (χ2n) is 20.6. The lowest BCUT2D eigenvalue weighted by Gasteiger charge is -2.37. The van der Waals surface area contributed by atoms with E-state index in [0.717, 1.165) is 23.3 Å². The molecule has 0 aromatic heterocycles. The van der Waals surface area contributed by atoms with Crippen molar-refractivity contribution in [2.24, 2.45) is 0 Å². The molecule has 0 radical (unpaired) electrons. The molecule has 3 heterocycles. The van der Waals surface area contributed by atoms with Gasteiger partial charge in [0.05, 0.1) is 79.0 Å². The molecule has 3 aliphatic heterocycles. The fourth-order valence-corrected chi connectivity index (χ4v) is 10.5. The lowest BCUT2D eigenvalue weighted by molar-refractivity contribution is -0.162. The Hall–Kier alpha value is -8.48. The molecule has 4 atom stereocenters. The van der Waals surface area contributed by atoms with Gasteiger partial charge in [-0.05, 0) is 123 Å². The van der Waals surface area contributed by atoms with Gasteiger partial charge in [0, 0.05) is 39.3 Å². The number of amides is 7. The van der Waals surface area contributed by atoms with E-state index in [1.165, 1.54) is 39.5 Å². The first-order valence-electron chi connectivity index (χ1n) is 29.2. The highest BCUT2D eigenvalue weighted by Crippen LogP contribution is 2.42. The minimum atomic E-state index is -1.12. The highest BCUT2D eigenvalue weighted by Gasteiger charge is 2.46. The average Bonchev–Trinajstić information content (AvgIpc) is 1.82. The van der Waals surface area contributed by atoms with Gasteiger partial charge >= 0.3 is 5.97 Å². The van der Waals surface area contributed by atoms with E-state index in [1.807, 2.05) is 25.1 Å². The van der Waals surface area contributed by atoms with Crippen LogP contribution in [0.1, 0.15) is 114 Å². The van der Waals surface area contributed by atoms with E-state index in [1.54, 1.807) is 55.5 Å². The maximum atomic E-state index is 14.5. The molecule has 7 rings (SSSR count). The zero-order valence-electron chi connectivity index (χ0n) is 50.2. The Labute approximate surface area is 506 Å². The van der Waals surface area contributed by atoms with Crippen molar-refractivity contribution in [3.63, 3.8) is 0 Å². The molecule has 2 unspecified atom stereocenters. The van der Waals surface area contributed by atoms with Gasteiger partial charge in [0.15, 0.2) is 36.2 Å². The third-order valence-electron chi connectivity index (χ3n) is 15.0. The van der Waals surface area contributed by atoms with Crippen molar-refractivity contribution in [1.29, 1.82) is 0 Å². The predicted molar refractivity (Wildman–Crippen MR) is 313 cm³/mol. The van der Waals surface area contributed by atoms with Gasteiger partial charge in [-0.25, -0.2) is 4.79 Å². The lowest BCUT2D eigenvalue weighted by atomic mass is 9.91.